The highest BCUT2D eigenvalue weighted by Crippen LogP contribution is 2.45. The molecule has 0 N–H and O–H groups in total. The first-order valence-corrected chi connectivity index (χ1v) is 7.59. The van der Waals surface area contributed by atoms with Crippen molar-refractivity contribution in [2.45, 2.75) is 84.9 Å². The molecule has 0 aromatic carbocycles. The summed E-state index contributed by atoms with van der Waals surface area (Å²) in [5, 5.41) is 0. The predicted molar refractivity (Wildman–Crippen MR) is 77.1 cm³/mol. The van der Waals surface area contributed by atoms with Gasteiger partial charge in [0.2, 0.25) is 0 Å². The molecular weight excluding hydrogens is 238 g/mol. The number of ether oxygens (including phenoxy) is 1. The SMILES string of the molecule is CC(C)(C)OC(=O)N1[C@@H]2CC[C@H]1CC(C(C)(C)C)C2. The highest BCUT2D eigenvalue weighted by atomic mass is 16.6. The van der Waals surface area contributed by atoms with E-state index in [0.29, 0.717) is 17.5 Å². The lowest BCUT2D eigenvalue weighted by atomic mass is 9.73. The minimum atomic E-state index is -0.391. The molecule has 110 valence electrons. The molecule has 0 aromatic rings. The molecule has 3 nitrogen and oxygen atoms in total. The molecule has 3 atom stereocenters. The van der Waals surface area contributed by atoms with Crippen LogP contribution in [-0.2, 0) is 4.74 Å². The average Bonchev–Trinajstić information content (AvgIpc) is 2.45. The van der Waals surface area contributed by atoms with Gasteiger partial charge in [0, 0.05) is 12.1 Å². The minimum Gasteiger partial charge on any atom is -0.444 e. The third-order valence-electron chi connectivity index (χ3n) is 4.56. The lowest BCUT2D eigenvalue weighted by Gasteiger charge is -2.43. The minimum absolute atomic E-state index is 0.104. The topological polar surface area (TPSA) is 29.5 Å². The van der Waals surface area contributed by atoms with Gasteiger partial charge in [-0.2, -0.15) is 0 Å². The van der Waals surface area contributed by atoms with Crippen LogP contribution in [0.15, 0.2) is 0 Å². The number of fused-ring (bicyclic) bond motifs is 2. The summed E-state index contributed by atoms with van der Waals surface area (Å²) in [7, 11) is 0. The second-order valence-corrected chi connectivity index (χ2v) is 8.31. The Morgan fingerprint density at radius 3 is 1.84 bits per heavy atom. The monoisotopic (exact) mass is 267 g/mol. The molecule has 0 radical (unpaired) electrons. The van der Waals surface area contributed by atoms with E-state index in [9.17, 15) is 4.79 Å². The van der Waals surface area contributed by atoms with Crippen molar-refractivity contribution in [1.29, 1.82) is 0 Å². The molecule has 2 heterocycles. The molecule has 2 fully saturated rings. The normalized spacial score (nSPS) is 31.5. The van der Waals surface area contributed by atoms with Crippen molar-refractivity contribution < 1.29 is 9.53 Å². The average molecular weight is 267 g/mol. The van der Waals surface area contributed by atoms with Crippen molar-refractivity contribution in [2.75, 3.05) is 0 Å². The molecule has 0 saturated carbocycles. The van der Waals surface area contributed by atoms with Crippen molar-refractivity contribution >= 4 is 6.09 Å². The van der Waals surface area contributed by atoms with Crippen molar-refractivity contribution in [1.82, 2.24) is 4.90 Å². The fraction of sp³-hybridized carbons (Fsp3) is 0.938. The second-order valence-electron chi connectivity index (χ2n) is 8.31. The zero-order valence-corrected chi connectivity index (χ0v) is 13.3. The zero-order chi connectivity index (χ0) is 14.4. The van der Waals surface area contributed by atoms with Crippen molar-refractivity contribution in [3.63, 3.8) is 0 Å². The van der Waals surface area contributed by atoms with Crippen LogP contribution in [0.4, 0.5) is 4.79 Å². The Bertz CT molecular complexity index is 337. The van der Waals surface area contributed by atoms with E-state index in [-0.39, 0.29) is 6.09 Å². The number of hydrogen-bond donors (Lipinski definition) is 0. The Hall–Kier alpha value is -0.730. The Morgan fingerprint density at radius 1 is 1.00 bits per heavy atom. The lowest BCUT2D eigenvalue weighted by Crippen LogP contribution is -2.50. The Balaban J connectivity index is 2.05. The Labute approximate surface area is 117 Å². The number of nitrogens with zero attached hydrogens (tertiary/aromatic N) is 1. The van der Waals surface area contributed by atoms with Gasteiger partial charge in [0.25, 0.3) is 0 Å². The number of rotatable bonds is 0. The summed E-state index contributed by atoms with van der Waals surface area (Å²) in [5.41, 5.74) is -0.0434. The van der Waals surface area contributed by atoms with Gasteiger partial charge in [0.15, 0.2) is 0 Å². The van der Waals surface area contributed by atoms with E-state index in [1.807, 2.05) is 25.7 Å². The van der Waals surface area contributed by atoms with Crippen LogP contribution in [0.5, 0.6) is 0 Å². The van der Waals surface area contributed by atoms with Gasteiger partial charge in [-0.25, -0.2) is 4.79 Å². The highest BCUT2D eigenvalue weighted by molar-refractivity contribution is 5.69. The third-order valence-corrected chi connectivity index (χ3v) is 4.56. The van der Waals surface area contributed by atoms with Gasteiger partial charge in [0.1, 0.15) is 5.60 Å². The standard InChI is InChI=1S/C16H29NO2/c1-15(2,3)11-9-12-7-8-13(10-11)17(12)14(18)19-16(4,5)6/h11-13H,7-10H2,1-6H3/t11?,12-,13+. The van der Waals surface area contributed by atoms with Gasteiger partial charge in [0.05, 0.1) is 0 Å². The summed E-state index contributed by atoms with van der Waals surface area (Å²) < 4.78 is 5.57. The summed E-state index contributed by atoms with van der Waals surface area (Å²) in [6.07, 6.45) is 4.47. The molecule has 1 amide bonds. The second kappa shape index (κ2) is 4.68. The number of carbonyl (C=O) groups is 1. The van der Waals surface area contributed by atoms with Crippen molar-refractivity contribution in [2.24, 2.45) is 11.3 Å². The fourth-order valence-corrected chi connectivity index (χ4v) is 3.50. The van der Waals surface area contributed by atoms with Crippen LogP contribution in [0.3, 0.4) is 0 Å². The molecular formula is C16H29NO2. The first kappa shape index (κ1) is 14.7. The largest absolute Gasteiger partial charge is 0.444 e. The highest BCUT2D eigenvalue weighted by Gasteiger charge is 2.47. The van der Waals surface area contributed by atoms with Crippen LogP contribution in [0, 0.1) is 11.3 Å². The Morgan fingerprint density at radius 2 is 1.47 bits per heavy atom. The van der Waals surface area contributed by atoms with E-state index in [1.54, 1.807) is 0 Å². The van der Waals surface area contributed by atoms with Crippen LogP contribution >= 0.6 is 0 Å². The quantitative estimate of drug-likeness (QED) is 0.658. The zero-order valence-electron chi connectivity index (χ0n) is 13.3. The maximum atomic E-state index is 12.3. The van der Waals surface area contributed by atoms with Crippen LogP contribution in [0.1, 0.15) is 67.2 Å². The van der Waals surface area contributed by atoms with E-state index in [2.05, 4.69) is 20.8 Å². The molecule has 2 rings (SSSR count). The summed E-state index contributed by atoms with van der Waals surface area (Å²) >= 11 is 0. The van der Waals surface area contributed by atoms with E-state index in [4.69, 9.17) is 4.74 Å². The van der Waals surface area contributed by atoms with Crippen LogP contribution in [0.25, 0.3) is 0 Å². The molecule has 19 heavy (non-hydrogen) atoms. The van der Waals surface area contributed by atoms with Crippen molar-refractivity contribution in [3.8, 4) is 0 Å². The van der Waals surface area contributed by atoms with Gasteiger partial charge in [-0.05, 0) is 57.8 Å². The van der Waals surface area contributed by atoms with Crippen LogP contribution in [-0.4, -0.2) is 28.7 Å². The van der Waals surface area contributed by atoms with Crippen molar-refractivity contribution in [3.05, 3.63) is 0 Å². The lowest BCUT2D eigenvalue weighted by molar-refractivity contribution is -0.00699. The molecule has 0 aromatic heterocycles. The maximum absolute atomic E-state index is 12.3. The number of carbonyl (C=O) groups excluding carboxylic acids is 1. The van der Waals surface area contributed by atoms with E-state index in [0.717, 1.165) is 31.6 Å². The smallest absolute Gasteiger partial charge is 0.410 e. The molecule has 2 aliphatic heterocycles. The molecule has 3 heteroatoms. The first-order chi connectivity index (χ1) is 8.58. The maximum Gasteiger partial charge on any atom is 0.410 e. The first-order valence-electron chi connectivity index (χ1n) is 7.59. The molecule has 0 aliphatic carbocycles. The third kappa shape index (κ3) is 3.24. The van der Waals surface area contributed by atoms with E-state index < -0.39 is 5.60 Å². The fourth-order valence-electron chi connectivity index (χ4n) is 3.50. The van der Waals surface area contributed by atoms with Gasteiger partial charge in [-0.3, -0.25) is 0 Å². The molecule has 2 saturated heterocycles. The van der Waals surface area contributed by atoms with E-state index in [1.165, 1.54) is 0 Å². The number of piperidine rings is 1. The van der Waals surface area contributed by atoms with E-state index >= 15 is 0 Å². The molecule has 0 spiro atoms. The number of amides is 1. The van der Waals surface area contributed by atoms with Gasteiger partial charge < -0.3 is 9.64 Å². The van der Waals surface area contributed by atoms with Crippen LogP contribution < -0.4 is 0 Å². The Kier molecular flexibility index (Phi) is 3.61. The summed E-state index contributed by atoms with van der Waals surface area (Å²) in [4.78, 5) is 14.4. The molecule has 1 unspecified atom stereocenters. The summed E-state index contributed by atoms with van der Waals surface area (Å²) in [6, 6.07) is 0.802. The predicted octanol–water partition coefficient (Wildman–Crippen LogP) is 4.21. The van der Waals surface area contributed by atoms with Gasteiger partial charge in [-0.1, -0.05) is 20.8 Å². The summed E-state index contributed by atoms with van der Waals surface area (Å²) in [6.45, 7) is 12.8. The molecule has 2 bridgehead atoms. The molecule has 2 aliphatic rings. The van der Waals surface area contributed by atoms with Gasteiger partial charge >= 0.3 is 6.09 Å². The number of hydrogen-bond acceptors (Lipinski definition) is 2. The van der Waals surface area contributed by atoms with Crippen LogP contribution in [0.2, 0.25) is 0 Å². The van der Waals surface area contributed by atoms with Gasteiger partial charge in [-0.15, -0.1) is 0 Å². The summed E-state index contributed by atoms with van der Waals surface area (Å²) in [5.74, 6) is 0.726.